The standard InChI is InChI=1S/C17H15NO2/c1-2-18-14(12-6-4-3-5-7-12)8-13-9-16-17(10-15(13)18)20-11-19-16/h3-10H,2,11H2,1H3. The molecule has 1 aromatic heterocycles. The second kappa shape index (κ2) is 4.30. The molecule has 4 rings (SSSR count). The van der Waals surface area contributed by atoms with Crippen LogP contribution in [0, 0.1) is 0 Å². The number of aromatic nitrogens is 1. The molecule has 1 aliphatic heterocycles. The second-order valence-corrected chi connectivity index (χ2v) is 4.90. The van der Waals surface area contributed by atoms with Crippen molar-refractivity contribution in [2.75, 3.05) is 6.79 Å². The van der Waals surface area contributed by atoms with Crippen molar-refractivity contribution < 1.29 is 9.47 Å². The van der Waals surface area contributed by atoms with Gasteiger partial charge in [-0.15, -0.1) is 0 Å². The van der Waals surface area contributed by atoms with Crippen molar-refractivity contribution in [1.29, 1.82) is 0 Å². The summed E-state index contributed by atoms with van der Waals surface area (Å²) in [4.78, 5) is 0. The zero-order chi connectivity index (χ0) is 13.5. The normalized spacial score (nSPS) is 13.1. The molecule has 20 heavy (non-hydrogen) atoms. The highest BCUT2D eigenvalue weighted by Gasteiger charge is 2.17. The summed E-state index contributed by atoms with van der Waals surface area (Å²) in [6, 6.07) is 16.8. The minimum absolute atomic E-state index is 0.319. The summed E-state index contributed by atoms with van der Waals surface area (Å²) in [5.74, 6) is 1.68. The number of hydrogen-bond acceptors (Lipinski definition) is 2. The van der Waals surface area contributed by atoms with Crippen molar-refractivity contribution in [2.24, 2.45) is 0 Å². The van der Waals surface area contributed by atoms with Gasteiger partial charge in [-0.25, -0.2) is 0 Å². The van der Waals surface area contributed by atoms with Gasteiger partial charge in [0.25, 0.3) is 0 Å². The Morgan fingerprint density at radius 3 is 2.50 bits per heavy atom. The van der Waals surface area contributed by atoms with E-state index in [2.05, 4.69) is 54.0 Å². The number of rotatable bonds is 2. The Balaban J connectivity index is 1.99. The number of aryl methyl sites for hydroxylation is 1. The number of nitrogens with zero attached hydrogens (tertiary/aromatic N) is 1. The molecular formula is C17H15NO2. The molecule has 0 saturated carbocycles. The number of ether oxygens (including phenoxy) is 2. The highest BCUT2D eigenvalue weighted by atomic mass is 16.7. The topological polar surface area (TPSA) is 23.4 Å². The Kier molecular flexibility index (Phi) is 2.46. The van der Waals surface area contributed by atoms with Crippen LogP contribution in [-0.4, -0.2) is 11.4 Å². The zero-order valence-electron chi connectivity index (χ0n) is 11.3. The number of fused-ring (bicyclic) bond motifs is 2. The molecule has 0 N–H and O–H groups in total. The minimum atomic E-state index is 0.319. The maximum absolute atomic E-state index is 5.49. The smallest absolute Gasteiger partial charge is 0.231 e. The van der Waals surface area contributed by atoms with Crippen LogP contribution in [0.25, 0.3) is 22.2 Å². The predicted molar refractivity (Wildman–Crippen MR) is 79.2 cm³/mol. The van der Waals surface area contributed by atoms with Gasteiger partial charge in [-0.05, 0) is 24.6 Å². The van der Waals surface area contributed by atoms with Crippen molar-refractivity contribution in [1.82, 2.24) is 4.57 Å². The molecule has 0 saturated heterocycles. The van der Waals surface area contributed by atoms with E-state index in [4.69, 9.17) is 9.47 Å². The van der Waals surface area contributed by atoms with Crippen LogP contribution in [0.4, 0.5) is 0 Å². The SMILES string of the molecule is CCn1c(-c2ccccc2)cc2cc3c(cc21)OCO3. The predicted octanol–water partition coefficient (Wildman–Crippen LogP) is 4.06. The van der Waals surface area contributed by atoms with Gasteiger partial charge in [-0.3, -0.25) is 0 Å². The molecule has 0 amide bonds. The van der Waals surface area contributed by atoms with Gasteiger partial charge in [0.05, 0.1) is 5.52 Å². The molecule has 1 aliphatic rings. The Hall–Kier alpha value is -2.42. The average Bonchev–Trinajstić information content (AvgIpc) is 3.08. The lowest BCUT2D eigenvalue weighted by atomic mass is 10.1. The monoisotopic (exact) mass is 265 g/mol. The molecule has 0 aliphatic carbocycles. The van der Waals surface area contributed by atoms with Gasteiger partial charge in [-0.1, -0.05) is 30.3 Å². The fourth-order valence-electron chi connectivity index (χ4n) is 2.84. The first-order valence-electron chi connectivity index (χ1n) is 6.85. The molecule has 2 aromatic carbocycles. The molecule has 2 heterocycles. The number of benzene rings is 2. The first-order valence-corrected chi connectivity index (χ1v) is 6.85. The summed E-state index contributed by atoms with van der Waals surface area (Å²) in [5, 5.41) is 1.19. The Labute approximate surface area is 117 Å². The van der Waals surface area contributed by atoms with E-state index in [1.807, 2.05) is 6.07 Å². The lowest BCUT2D eigenvalue weighted by molar-refractivity contribution is 0.174. The van der Waals surface area contributed by atoms with E-state index in [1.54, 1.807) is 0 Å². The highest BCUT2D eigenvalue weighted by molar-refractivity contribution is 5.90. The first kappa shape index (κ1) is 11.4. The zero-order valence-corrected chi connectivity index (χ0v) is 11.3. The summed E-state index contributed by atoms with van der Waals surface area (Å²) in [5.41, 5.74) is 3.65. The van der Waals surface area contributed by atoms with Gasteiger partial charge < -0.3 is 14.0 Å². The van der Waals surface area contributed by atoms with Gasteiger partial charge >= 0.3 is 0 Å². The third kappa shape index (κ3) is 1.59. The largest absolute Gasteiger partial charge is 0.454 e. The fraction of sp³-hybridized carbons (Fsp3) is 0.176. The van der Waals surface area contributed by atoms with E-state index in [0.717, 1.165) is 18.0 Å². The Morgan fingerprint density at radius 1 is 1.00 bits per heavy atom. The molecule has 3 heteroatoms. The summed E-state index contributed by atoms with van der Waals surface area (Å²) >= 11 is 0. The van der Waals surface area contributed by atoms with Crippen molar-refractivity contribution in [3.05, 3.63) is 48.5 Å². The molecular weight excluding hydrogens is 250 g/mol. The van der Waals surface area contributed by atoms with Gasteiger partial charge in [0.15, 0.2) is 11.5 Å². The second-order valence-electron chi connectivity index (χ2n) is 4.90. The third-order valence-corrected chi connectivity index (χ3v) is 3.78. The van der Waals surface area contributed by atoms with Crippen LogP contribution in [0.5, 0.6) is 11.5 Å². The summed E-state index contributed by atoms with van der Waals surface area (Å²) in [6.45, 7) is 3.41. The van der Waals surface area contributed by atoms with Crippen LogP contribution >= 0.6 is 0 Å². The summed E-state index contributed by atoms with van der Waals surface area (Å²) < 4.78 is 13.3. The molecule has 0 unspecified atom stereocenters. The molecule has 0 bridgehead atoms. The van der Waals surface area contributed by atoms with Crippen LogP contribution in [0.2, 0.25) is 0 Å². The van der Waals surface area contributed by atoms with Crippen LogP contribution in [0.15, 0.2) is 48.5 Å². The molecule has 3 nitrogen and oxygen atoms in total. The highest BCUT2D eigenvalue weighted by Crippen LogP contribution is 2.38. The first-order chi connectivity index (χ1) is 9.86. The molecule has 100 valence electrons. The molecule has 0 fully saturated rings. The fourth-order valence-corrected chi connectivity index (χ4v) is 2.84. The summed E-state index contributed by atoms with van der Waals surface area (Å²) in [7, 11) is 0. The average molecular weight is 265 g/mol. The van der Waals surface area contributed by atoms with E-state index >= 15 is 0 Å². The van der Waals surface area contributed by atoms with E-state index in [9.17, 15) is 0 Å². The lowest BCUT2D eigenvalue weighted by Gasteiger charge is -2.08. The quantitative estimate of drug-likeness (QED) is 0.697. The van der Waals surface area contributed by atoms with Crippen LogP contribution in [0.1, 0.15) is 6.92 Å². The Bertz CT molecular complexity index is 775. The van der Waals surface area contributed by atoms with Crippen molar-refractivity contribution in [3.8, 4) is 22.8 Å². The summed E-state index contributed by atoms with van der Waals surface area (Å²) in [6.07, 6.45) is 0. The molecule has 0 atom stereocenters. The van der Waals surface area contributed by atoms with Crippen molar-refractivity contribution >= 4 is 10.9 Å². The number of hydrogen-bond donors (Lipinski definition) is 0. The van der Waals surface area contributed by atoms with Crippen LogP contribution in [-0.2, 0) is 6.54 Å². The third-order valence-electron chi connectivity index (χ3n) is 3.78. The van der Waals surface area contributed by atoms with E-state index in [-0.39, 0.29) is 0 Å². The minimum Gasteiger partial charge on any atom is -0.454 e. The van der Waals surface area contributed by atoms with Crippen LogP contribution < -0.4 is 9.47 Å². The maximum Gasteiger partial charge on any atom is 0.231 e. The Morgan fingerprint density at radius 2 is 1.75 bits per heavy atom. The van der Waals surface area contributed by atoms with Gasteiger partial charge in [-0.2, -0.15) is 0 Å². The lowest BCUT2D eigenvalue weighted by Crippen LogP contribution is -1.96. The van der Waals surface area contributed by atoms with Gasteiger partial charge in [0.1, 0.15) is 0 Å². The maximum atomic E-state index is 5.49. The van der Waals surface area contributed by atoms with Crippen LogP contribution in [0.3, 0.4) is 0 Å². The van der Waals surface area contributed by atoms with E-state index in [1.165, 1.54) is 22.2 Å². The van der Waals surface area contributed by atoms with Crippen molar-refractivity contribution in [3.63, 3.8) is 0 Å². The van der Waals surface area contributed by atoms with E-state index < -0.39 is 0 Å². The van der Waals surface area contributed by atoms with Gasteiger partial charge in [0.2, 0.25) is 6.79 Å². The van der Waals surface area contributed by atoms with E-state index in [0.29, 0.717) is 6.79 Å². The van der Waals surface area contributed by atoms with Crippen molar-refractivity contribution in [2.45, 2.75) is 13.5 Å². The molecule has 3 aromatic rings. The molecule has 0 radical (unpaired) electrons. The molecule has 0 spiro atoms. The van der Waals surface area contributed by atoms with Gasteiger partial charge in [0, 0.05) is 23.7 Å².